The number of H-pyrrole nitrogens is 1. The number of pyridine rings is 1. The molecule has 0 saturated heterocycles. The van der Waals surface area contributed by atoms with Crippen molar-refractivity contribution in [3.05, 3.63) is 33.4 Å². The molecule has 1 N–H and O–H groups in total. The van der Waals surface area contributed by atoms with Crippen LogP contribution in [0, 0.1) is 0 Å². The van der Waals surface area contributed by atoms with Crippen molar-refractivity contribution in [1.82, 2.24) is 15.2 Å². The quantitative estimate of drug-likeness (QED) is 0.857. The number of nitrogens with zero attached hydrogens (tertiary/aromatic N) is 2. The maximum Gasteiger partial charge on any atom is 0.434 e. The second-order valence-electron chi connectivity index (χ2n) is 2.97. The highest BCUT2D eigenvalue weighted by atomic mass is 35.5. The number of aromatic nitrogens is 3. The Morgan fingerprint density at radius 3 is 2.59 bits per heavy atom. The van der Waals surface area contributed by atoms with Gasteiger partial charge in [0.2, 0.25) is 0 Å². The molecule has 0 unspecified atom stereocenters. The third kappa shape index (κ3) is 2.31. The zero-order valence-electron chi connectivity index (χ0n) is 7.88. The van der Waals surface area contributed by atoms with Gasteiger partial charge in [0.05, 0.1) is 10.6 Å². The molecule has 0 aliphatic heterocycles. The van der Waals surface area contributed by atoms with Crippen LogP contribution in [-0.4, -0.2) is 15.2 Å². The summed E-state index contributed by atoms with van der Waals surface area (Å²) in [5, 5.41) is 5.04. The Kier molecular flexibility index (Phi) is 2.66. The minimum Gasteiger partial charge on any atom is -0.386 e. The monoisotopic (exact) mass is 265 g/mol. The first-order valence-corrected chi connectivity index (χ1v) is 4.54. The van der Waals surface area contributed by atoms with Crippen molar-refractivity contribution >= 4 is 11.6 Å². The molecule has 0 aliphatic carbocycles. The van der Waals surface area contributed by atoms with E-state index in [2.05, 4.69) is 14.5 Å². The number of alkyl halides is 3. The fourth-order valence-electron chi connectivity index (χ4n) is 1.08. The Balaban J connectivity index is 2.49. The average molecular weight is 266 g/mol. The zero-order valence-corrected chi connectivity index (χ0v) is 8.63. The minimum absolute atomic E-state index is 0.141. The summed E-state index contributed by atoms with van der Waals surface area (Å²) < 4.78 is 41.5. The van der Waals surface area contributed by atoms with Crippen molar-refractivity contribution in [3.63, 3.8) is 0 Å². The van der Waals surface area contributed by atoms with E-state index >= 15 is 0 Å². The van der Waals surface area contributed by atoms with E-state index in [0.29, 0.717) is 12.3 Å². The highest BCUT2D eigenvalue weighted by Crippen LogP contribution is 2.33. The summed E-state index contributed by atoms with van der Waals surface area (Å²) in [6.07, 6.45) is -3.96. The number of hydrogen-bond donors (Lipinski definition) is 1. The molecule has 0 bridgehead atoms. The Hall–Kier alpha value is -1.83. The van der Waals surface area contributed by atoms with Crippen LogP contribution in [0.1, 0.15) is 5.56 Å². The molecule has 5 nitrogen and oxygen atoms in total. The first kappa shape index (κ1) is 11.6. The zero-order chi connectivity index (χ0) is 12.6. The number of nitrogens with one attached hydrogen (secondary N) is 1. The van der Waals surface area contributed by atoms with Gasteiger partial charge in [-0.3, -0.25) is 0 Å². The summed E-state index contributed by atoms with van der Waals surface area (Å²) in [6.45, 7) is 0. The third-order valence-electron chi connectivity index (χ3n) is 1.81. The molecule has 0 amide bonds. The number of hydrogen-bond acceptors (Lipinski definition) is 4. The van der Waals surface area contributed by atoms with Crippen LogP contribution in [0.3, 0.4) is 0 Å². The van der Waals surface area contributed by atoms with Gasteiger partial charge in [0, 0.05) is 6.20 Å². The number of aromatic amines is 1. The van der Waals surface area contributed by atoms with Crippen LogP contribution in [0.15, 0.2) is 21.5 Å². The van der Waals surface area contributed by atoms with Gasteiger partial charge in [-0.05, 0) is 6.07 Å². The average Bonchev–Trinajstić information content (AvgIpc) is 2.63. The Morgan fingerprint density at radius 1 is 1.41 bits per heavy atom. The summed E-state index contributed by atoms with van der Waals surface area (Å²) in [7, 11) is 0. The third-order valence-corrected chi connectivity index (χ3v) is 2.10. The van der Waals surface area contributed by atoms with Crippen LogP contribution in [0.5, 0.6) is 0 Å². The molecule has 0 saturated carbocycles. The van der Waals surface area contributed by atoms with E-state index in [9.17, 15) is 18.0 Å². The molecule has 0 atom stereocenters. The molecular weight excluding hydrogens is 263 g/mol. The van der Waals surface area contributed by atoms with Crippen molar-refractivity contribution in [2.24, 2.45) is 0 Å². The molecule has 2 heterocycles. The molecule has 9 heteroatoms. The second kappa shape index (κ2) is 3.88. The fraction of sp³-hybridized carbons (Fsp3) is 0.125. The van der Waals surface area contributed by atoms with Crippen molar-refractivity contribution in [2.75, 3.05) is 0 Å². The lowest BCUT2D eigenvalue weighted by atomic mass is 10.2. The van der Waals surface area contributed by atoms with Gasteiger partial charge in [0.25, 0.3) is 5.89 Å². The first-order valence-electron chi connectivity index (χ1n) is 4.16. The SMILES string of the molecule is O=c1[nH]nc(-c2ncc(C(F)(F)F)cc2Cl)o1. The van der Waals surface area contributed by atoms with Crippen LogP contribution in [0.2, 0.25) is 5.02 Å². The molecule has 2 rings (SSSR count). The first-order chi connectivity index (χ1) is 7.88. The van der Waals surface area contributed by atoms with Gasteiger partial charge in [-0.25, -0.2) is 14.9 Å². The van der Waals surface area contributed by atoms with Crippen molar-refractivity contribution in [1.29, 1.82) is 0 Å². The van der Waals surface area contributed by atoms with E-state index in [0.717, 1.165) is 0 Å². The summed E-state index contributed by atoms with van der Waals surface area (Å²) in [6, 6.07) is 0.679. The summed E-state index contributed by atoms with van der Waals surface area (Å²) >= 11 is 5.60. The molecule has 17 heavy (non-hydrogen) atoms. The highest BCUT2D eigenvalue weighted by molar-refractivity contribution is 6.32. The lowest BCUT2D eigenvalue weighted by Crippen LogP contribution is -2.05. The standard InChI is InChI=1S/C8H3ClF3N3O2/c9-4-1-3(8(10,11)12)2-13-5(4)6-14-15-7(16)17-6/h1-2H,(H,15,16). The van der Waals surface area contributed by atoms with Gasteiger partial charge in [0.15, 0.2) is 0 Å². The predicted molar refractivity (Wildman–Crippen MR) is 50.4 cm³/mol. The number of rotatable bonds is 1. The van der Waals surface area contributed by atoms with E-state index in [1.165, 1.54) is 0 Å². The molecule has 0 aliphatic rings. The van der Waals surface area contributed by atoms with Gasteiger partial charge in [-0.15, -0.1) is 5.10 Å². The van der Waals surface area contributed by atoms with Crippen LogP contribution < -0.4 is 5.76 Å². The molecule has 2 aromatic heterocycles. The fourth-order valence-corrected chi connectivity index (χ4v) is 1.33. The van der Waals surface area contributed by atoms with Crippen LogP contribution >= 0.6 is 11.6 Å². The lowest BCUT2D eigenvalue weighted by Gasteiger charge is -2.06. The summed E-state index contributed by atoms with van der Waals surface area (Å²) in [5.74, 6) is -1.12. The molecule has 90 valence electrons. The molecule has 0 aromatic carbocycles. The molecule has 0 fully saturated rings. The maximum absolute atomic E-state index is 12.3. The smallest absolute Gasteiger partial charge is 0.386 e. The minimum atomic E-state index is -4.54. The molecule has 2 aromatic rings. The lowest BCUT2D eigenvalue weighted by molar-refractivity contribution is -0.137. The molecule has 0 spiro atoms. The summed E-state index contributed by atoms with van der Waals surface area (Å²) in [5.41, 5.74) is -1.14. The van der Waals surface area contributed by atoms with E-state index in [1.807, 2.05) is 5.10 Å². The van der Waals surface area contributed by atoms with Gasteiger partial charge < -0.3 is 4.42 Å². The Bertz CT molecular complexity index is 605. The summed E-state index contributed by atoms with van der Waals surface area (Å²) in [4.78, 5) is 14.1. The van der Waals surface area contributed by atoms with Gasteiger partial charge in [-0.2, -0.15) is 13.2 Å². The normalized spacial score (nSPS) is 11.8. The van der Waals surface area contributed by atoms with Gasteiger partial charge in [-0.1, -0.05) is 11.6 Å². The van der Waals surface area contributed by atoms with Crippen LogP contribution in [0.4, 0.5) is 13.2 Å². The van der Waals surface area contributed by atoms with Crippen LogP contribution in [0.25, 0.3) is 11.6 Å². The predicted octanol–water partition coefficient (Wildman–Crippen LogP) is 2.10. The largest absolute Gasteiger partial charge is 0.434 e. The van der Waals surface area contributed by atoms with Gasteiger partial charge >= 0.3 is 11.9 Å². The molecular formula is C8H3ClF3N3O2. The van der Waals surface area contributed by atoms with Crippen LogP contribution in [-0.2, 0) is 6.18 Å². The highest BCUT2D eigenvalue weighted by Gasteiger charge is 2.32. The Labute approximate surface area is 96.2 Å². The molecule has 0 radical (unpaired) electrons. The number of halogens is 4. The van der Waals surface area contributed by atoms with Crippen molar-refractivity contribution in [2.45, 2.75) is 6.18 Å². The Morgan fingerprint density at radius 2 is 2.12 bits per heavy atom. The second-order valence-corrected chi connectivity index (χ2v) is 3.38. The van der Waals surface area contributed by atoms with Gasteiger partial charge in [0.1, 0.15) is 5.69 Å². The van der Waals surface area contributed by atoms with Crippen molar-refractivity contribution in [3.8, 4) is 11.6 Å². The van der Waals surface area contributed by atoms with Crippen molar-refractivity contribution < 1.29 is 17.6 Å². The van der Waals surface area contributed by atoms with E-state index < -0.39 is 17.5 Å². The maximum atomic E-state index is 12.3. The van der Waals surface area contributed by atoms with E-state index in [1.54, 1.807) is 0 Å². The topological polar surface area (TPSA) is 71.8 Å². The van der Waals surface area contributed by atoms with E-state index in [4.69, 9.17) is 11.6 Å². The van der Waals surface area contributed by atoms with E-state index in [-0.39, 0.29) is 16.6 Å².